The van der Waals surface area contributed by atoms with E-state index in [1.807, 2.05) is 6.92 Å². The number of hydrogen-bond donors (Lipinski definition) is 3. The Bertz CT molecular complexity index is 830. The fourth-order valence-electron chi connectivity index (χ4n) is 3.77. The highest BCUT2D eigenvalue weighted by Gasteiger charge is 2.43. The molecule has 2 amide bonds. The number of hydrogen-bond acceptors (Lipinski definition) is 5. The predicted octanol–water partition coefficient (Wildman–Crippen LogP) is 0.478. The average molecular weight is 388 g/mol. The number of amides is 2. The number of carbonyl (C=O) groups excluding carboxylic acids is 2. The minimum Gasteiger partial charge on any atom is -0.481 e. The Morgan fingerprint density at radius 3 is 2.57 bits per heavy atom. The number of carboxylic acid groups (broad SMARTS) is 1. The van der Waals surface area contributed by atoms with Crippen LogP contribution in [-0.4, -0.2) is 65.5 Å². The van der Waals surface area contributed by atoms with E-state index in [0.29, 0.717) is 38.0 Å². The van der Waals surface area contributed by atoms with Crippen molar-refractivity contribution in [2.45, 2.75) is 31.8 Å². The minimum absolute atomic E-state index is 0.0298. The van der Waals surface area contributed by atoms with Crippen molar-refractivity contribution in [3.63, 3.8) is 0 Å². The lowest BCUT2D eigenvalue weighted by Gasteiger charge is -2.47. The van der Waals surface area contributed by atoms with Crippen LogP contribution in [0.25, 0.3) is 0 Å². The van der Waals surface area contributed by atoms with E-state index in [9.17, 15) is 14.4 Å². The monoisotopic (exact) mass is 388 g/mol. The number of nitrogens with zero attached hydrogens (tertiary/aromatic N) is 2. The number of amidine groups is 1. The van der Waals surface area contributed by atoms with Crippen LogP contribution >= 0.6 is 0 Å². The van der Waals surface area contributed by atoms with Crippen LogP contribution in [0, 0.1) is 12.3 Å². The lowest BCUT2D eigenvalue weighted by atomic mass is 9.88. The molecule has 2 aliphatic heterocycles. The van der Waals surface area contributed by atoms with E-state index in [1.54, 1.807) is 23.1 Å². The van der Waals surface area contributed by atoms with Gasteiger partial charge in [0.25, 0.3) is 5.91 Å². The van der Waals surface area contributed by atoms with Gasteiger partial charge in [0.1, 0.15) is 18.9 Å². The van der Waals surface area contributed by atoms with Gasteiger partial charge >= 0.3 is 5.97 Å². The molecule has 0 unspecified atom stereocenters. The Labute approximate surface area is 162 Å². The lowest BCUT2D eigenvalue weighted by molar-refractivity contribution is -0.153. The summed E-state index contributed by atoms with van der Waals surface area (Å²) in [6, 6.07) is 5.28. The second-order valence-corrected chi connectivity index (χ2v) is 7.32. The summed E-state index contributed by atoms with van der Waals surface area (Å²) in [6.45, 7) is 2.99. The molecule has 0 saturated carbocycles. The molecular formula is C19H24N4O5. The van der Waals surface area contributed by atoms with E-state index in [4.69, 9.17) is 21.0 Å². The second-order valence-electron chi connectivity index (χ2n) is 7.32. The third kappa shape index (κ3) is 3.99. The second kappa shape index (κ2) is 7.59. The van der Waals surface area contributed by atoms with E-state index in [2.05, 4.69) is 0 Å². The van der Waals surface area contributed by atoms with Gasteiger partial charge in [-0.05, 0) is 43.5 Å². The van der Waals surface area contributed by atoms with Gasteiger partial charge in [-0.2, -0.15) is 0 Å². The highest BCUT2D eigenvalue weighted by Crippen LogP contribution is 2.34. The SMILES string of the molecule is Cc1cc(C(=N)N)ccc1N1CC2(CCN(C(=O)CC(=O)O)CC2)OCC1=O. The molecule has 0 radical (unpaired) electrons. The molecule has 2 fully saturated rings. The van der Waals surface area contributed by atoms with Gasteiger partial charge in [-0.1, -0.05) is 0 Å². The maximum absolute atomic E-state index is 12.5. The smallest absolute Gasteiger partial charge is 0.312 e. The maximum atomic E-state index is 12.5. The van der Waals surface area contributed by atoms with Crippen LogP contribution in [0.1, 0.15) is 30.4 Å². The number of likely N-dealkylation sites (tertiary alicyclic amines) is 1. The van der Waals surface area contributed by atoms with Gasteiger partial charge in [-0.3, -0.25) is 19.8 Å². The first kappa shape index (κ1) is 19.8. The van der Waals surface area contributed by atoms with Crippen molar-refractivity contribution in [3.8, 4) is 0 Å². The summed E-state index contributed by atoms with van der Waals surface area (Å²) in [6.07, 6.45) is 0.555. The molecule has 1 aromatic carbocycles. The fourth-order valence-corrected chi connectivity index (χ4v) is 3.77. The summed E-state index contributed by atoms with van der Waals surface area (Å²) < 4.78 is 5.88. The molecule has 0 atom stereocenters. The van der Waals surface area contributed by atoms with Crippen molar-refractivity contribution >= 4 is 29.3 Å². The zero-order valence-electron chi connectivity index (χ0n) is 15.7. The summed E-state index contributed by atoms with van der Waals surface area (Å²) in [7, 11) is 0. The van der Waals surface area contributed by atoms with Crippen LogP contribution in [-0.2, 0) is 19.1 Å². The molecule has 2 aliphatic rings. The highest BCUT2D eigenvalue weighted by atomic mass is 16.5. The molecule has 0 aliphatic carbocycles. The molecule has 3 rings (SSSR count). The Morgan fingerprint density at radius 1 is 1.32 bits per heavy atom. The normalized spacial score (nSPS) is 19.0. The molecule has 1 aromatic rings. The van der Waals surface area contributed by atoms with Crippen molar-refractivity contribution in [3.05, 3.63) is 29.3 Å². The predicted molar refractivity (Wildman–Crippen MR) is 101 cm³/mol. The molecular weight excluding hydrogens is 364 g/mol. The van der Waals surface area contributed by atoms with E-state index < -0.39 is 23.9 Å². The Kier molecular flexibility index (Phi) is 5.37. The number of aryl methyl sites for hydroxylation is 1. The summed E-state index contributed by atoms with van der Waals surface area (Å²) in [5, 5.41) is 16.3. The van der Waals surface area contributed by atoms with E-state index >= 15 is 0 Å². The van der Waals surface area contributed by atoms with E-state index in [-0.39, 0.29) is 18.3 Å². The van der Waals surface area contributed by atoms with Crippen molar-refractivity contribution in [1.29, 1.82) is 5.41 Å². The van der Waals surface area contributed by atoms with Gasteiger partial charge in [0.05, 0.1) is 12.1 Å². The fraction of sp³-hybridized carbons (Fsp3) is 0.474. The zero-order chi connectivity index (χ0) is 20.5. The Hall–Kier alpha value is -2.94. The topological polar surface area (TPSA) is 137 Å². The molecule has 0 bridgehead atoms. The number of nitrogen functional groups attached to an aromatic ring is 1. The van der Waals surface area contributed by atoms with Crippen molar-refractivity contribution < 1.29 is 24.2 Å². The maximum Gasteiger partial charge on any atom is 0.312 e. The first-order valence-electron chi connectivity index (χ1n) is 9.10. The first-order chi connectivity index (χ1) is 13.2. The number of nitrogens with two attached hydrogens (primary N) is 1. The molecule has 9 nitrogen and oxygen atoms in total. The number of morpholine rings is 1. The third-order valence-electron chi connectivity index (χ3n) is 5.38. The molecule has 28 heavy (non-hydrogen) atoms. The summed E-state index contributed by atoms with van der Waals surface area (Å²) in [5.41, 5.74) is 7.17. The number of piperidine rings is 1. The number of rotatable bonds is 4. The summed E-state index contributed by atoms with van der Waals surface area (Å²) >= 11 is 0. The standard InChI is InChI=1S/C19H24N4O5/c1-12-8-13(18(20)21)2-3-14(12)23-11-19(28-10-16(23)25)4-6-22(7-5-19)15(24)9-17(26)27/h2-3,8H,4-7,9-11H2,1H3,(H3,20,21)(H,26,27). The minimum atomic E-state index is -1.14. The van der Waals surface area contributed by atoms with Crippen LogP contribution < -0.4 is 10.6 Å². The Morgan fingerprint density at radius 2 is 2.00 bits per heavy atom. The molecule has 9 heteroatoms. The van der Waals surface area contributed by atoms with Gasteiger partial charge in [-0.15, -0.1) is 0 Å². The van der Waals surface area contributed by atoms with Gasteiger partial charge in [-0.25, -0.2) is 0 Å². The summed E-state index contributed by atoms with van der Waals surface area (Å²) in [4.78, 5) is 38.4. The number of nitrogens with one attached hydrogen (secondary N) is 1. The van der Waals surface area contributed by atoms with Crippen molar-refractivity contribution in [2.24, 2.45) is 5.73 Å². The van der Waals surface area contributed by atoms with E-state index in [1.165, 1.54) is 4.90 Å². The van der Waals surface area contributed by atoms with Crippen LogP contribution in [0.4, 0.5) is 5.69 Å². The molecule has 2 saturated heterocycles. The zero-order valence-corrected chi connectivity index (χ0v) is 15.7. The van der Waals surface area contributed by atoms with Gasteiger partial charge in [0, 0.05) is 24.3 Å². The number of carbonyl (C=O) groups is 3. The Balaban J connectivity index is 1.73. The van der Waals surface area contributed by atoms with Gasteiger partial charge in [0.15, 0.2) is 0 Å². The number of aliphatic carboxylic acids is 1. The molecule has 0 aromatic heterocycles. The lowest BCUT2D eigenvalue weighted by Crippen LogP contribution is -2.59. The van der Waals surface area contributed by atoms with Gasteiger partial charge in [0.2, 0.25) is 5.91 Å². The van der Waals surface area contributed by atoms with Crippen LogP contribution in [0.15, 0.2) is 18.2 Å². The number of carboxylic acids is 1. The summed E-state index contributed by atoms with van der Waals surface area (Å²) in [5.74, 6) is -1.71. The number of ether oxygens (including phenoxy) is 1. The largest absolute Gasteiger partial charge is 0.481 e. The molecule has 4 N–H and O–H groups in total. The van der Waals surface area contributed by atoms with Crippen LogP contribution in [0.2, 0.25) is 0 Å². The molecule has 2 heterocycles. The van der Waals surface area contributed by atoms with Crippen LogP contribution in [0.3, 0.4) is 0 Å². The first-order valence-corrected chi connectivity index (χ1v) is 9.10. The highest BCUT2D eigenvalue weighted by molar-refractivity contribution is 5.98. The molecule has 150 valence electrons. The average Bonchev–Trinajstić information content (AvgIpc) is 2.64. The number of anilines is 1. The quantitative estimate of drug-likeness (QED) is 0.390. The number of benzene rings is 1. The van der Waals surface area contributed by atoms with Gasteiger partial charge < -0.3 is 25.4 Å². The molecule has 1 spiro atoms. The van der Waals surface area contributed by atoms with Crippen LogP contribution in [0.5, 0.6) is 0 Å². The van der Waals surface area contributed by atoms with E-state index in [0.717, 1.165) is 11.3 Å². The third-order valence-corrected chi connectivity index (χ3v) is 5.38. The van der Waals surface area contributed by atoms with Crippen molar-refractivity contribution in [1.82, 2.24) is 4.90 Å². The van der Waals surface area contributed by atoms with Crippen molar-refractivity contribution in [2.75, 3.05) is 31.1 Å².